The predicted molar refractivity (Wildman–Crippen MR) is 84.8 cm³/mol. The lowest BCUT2D eigenvalue weighted by molar-refractivity contribution is -0.122. The van der Waals surface area contributed by atoms with E-state index in [9.17, 15) is 18.0 Å². The van der Waals surface area contributed by atoms with E-state index >= 15 is 0 Å². The molecule has 0 spiro atoms. The van der Waals surface area contributed by atoms with Crippen LogP contribution < -0.4 is 5.73 Å². The molecule has 136 valence electrons. The van der Waals surface area contributed by atoms with Crippen LogP contribution in [0.5, 0.6) is 0 Å². The van der Waals surface area contributed by atoms with Crippen LogP contribution in [0.1, 0.15) is 23.3 Å². The Labute approximate surface area is 147 Å². The van der Waals surface area contributed by atoms with Crippen LogP contribution in [0.3, 0.4) is 0 Å². The lowest BCUT2D eigenvalue weighted by Crippen LogP contribution is -2.42. The Morgan fingerprint density at radius 3 is 2.62 bits per heavy atom. The summed E-state index contributed by atoms with van der Waals surface area (Å²) in [6.45, 7) is -0.0323. The summed E-state index contributed by atoms with van der Waals surface area (Å²) < 4.78 is 37.0. The van der Waals surface area contributed by atoms with Gasteiger partial charge in [0, 0.05) is 5.56 Å². The molecule has 0 aliphatic carbocycles. The van der Waals surface area contributed by atoms with E-state index in [1.165, 1.54) is 10.9 Å². The highest BCUT2D eigenvalue weighted by molar-refractivity contribution is 7.80. The number of rotatable bonds is 4. The first-order valence-electron chi connectivity index (χ1n) is 7.47. The smallest absolute Gasteiger partial charge is 0.368 e. The molecule has 1 saturated heterocycles. The zero-order valence-corrected chi connectivity index (χ0v) is 13.9. The number of hydrogen-bond acceptors (Lipinski definition) is 6. The summed E-state index contributed by atoms with van der Waals surface area (Å²) in [7, 11) is -4.93. The molecule has 3 heterocycles. The van der Waals surface area contributed by atoms with Crippen molar-refractivity contribution in [2.75, 3.05) is 6.54 Å². The fourth-order valence-electron chi connectivity index (χ4n) is 3.34. The van der Waals surface area contributed by atoms with Gasteiger partial charge in [0.15, 0.2) is 6.04 Å². The van der Waals surface area contributed by atoms with Gasteiger partial charge in [-0.2, -0.15) is 18.6 Å². The Kier molecular flexibility index (Phi) is 3.50. The molecule has 2 aromatic rings. The number of nitrogens with two attached hydrogens (primary N) is 1. The van der Waals surface area contributed by atoms with Crippen molar-refractivity contribution in [2.45, 2.75) is 12.1 Å². The number of primary amides is 1. The summed E-state index contributed by atoms with van der Waals surface area (Å²) in [6, 6.07) is 5.95. The zero-order chi connectivity index (χ0) is 18.6. The van der Waals surface area contributed by atoms with Crippen molar-refractivity contribution in [3.63, 3.8) is 0 Å². The van der Waals surface area contributed by atoms with E-state index < -0.39 is 34.4 Å². The molecule has 4 rings (SSSR count). The molecule has 2 bridgehead atoms. The number of hydroxylamine groups is 2. The van der Waals surface area contributed by atoms with Crippen LogP contribution in [-0.2, 0) is 19.5 Å². The Balaban J connectivity index is 1.88. The molecule has 0 unspecified atom stereocenters. The first-order chi connectivity index (χ1) is 12.3. The summed E-state index contributed by atoms with van der Waals surface area (Å²) >= 11 is 0. The van der Waals surface area contributed by atoms with Crippen molar-refractivity contribution in [3.8, 4) is 5.69 Å². The van der Waals surface area contributed by atoms with Crippen LogP contribution in [0.15, 0.2) is 36.5 Å². The Morgan fingerprint density at radius 2 is 2.00 bits per heavy atom. The number of carbonyl (C=O) groups is 2. The maximum absolute atomic E-state index is 12.5. The molecular weight excluding hydrogens is 366 g/mol. The highest BCUT2D eigenvalue weighted by atomic mass is 32.3. The molecule has 2 aliphatic rings. The summed E-state index contributed by atoms with van der Waals surface area (Å²) in [6.07, 6.45) is 1.42. The number of nitrogens with zero attached hydrogens (tertiary/aromatic N) is 4. The molecule has 26 heavy (non-hydrogen) atoms. The summed E-state index contributed by atoms with van der Waals surface area (Å²) in [5.41, 5.74) is 6.89. The normalized spacial score (nSPS) is 21.8. The van der Waals surface area contributed by atoms with Gasteiger partial charge >= 0.3 is 16.4 Å². The Bertz CT molecular complexity index is 1000. The van der Waals surface area contributed by atoms with E-state index in [0.717, 1.165) is 4.90 Å². The van der Waals surface area contributed by atoms with Gasteiger partial charge in [0.2, 0.25) is 5.91 Å². The molecule has 1 aromatic heterocycles. The van der Waals surface area contributed by atoms with E-state index in [4.69, 9.17) is 10.3 Å². The van der Waals surface area contributed by atoms with Gasteiger partial charge < -0.3 is 10.6 Å². The number of benzene rings is 1. The minimum Gasteiger partial charge on any atom is -0.368 e. The van der Waals surface area contributed by atoms with Crippen molar-refractivity contribution >= 4 is 22.3 Å². The molecule has 1 fully saturated rings. The molecule has 12 heteroatoms. The third-order valence-electron chi connectivity index (χ3n) is 4.30. The van der Waals surface area contributed by atoms with Crippen molar-refractivity contribution < 1.29 is 26.8 Å². The van der Waals surface area contributed by atoms with Gasteiger partial charge in [0.25, 0.3) is 0 Å². The van der Waals surface area contributed by atoms with Crippen molar-refractivity contribution in [1.82, 2.24) is 19.7 Å². The molecular formula is C14H13N5O6S. The first-order valence-corrected chi connectivity index (χ1v) is 8.84. The second-order valence-corrected chi connectivity index (χ2v) is 6.82. The lowest BCUT2D eigenvalue weighted by atomic mass is 9.97. The second-order valence-electron chi connectivity index (χ2n) is 5.82. The predicted octanol–water partition coefficient (Wildman–Crippen LogP) is -0.0746. The van der Waals surface area contributed by atoms with Gasteiger partial charge in [-0.1, -0.05) is 18.2 Å². The van der Waals surface area contributed by atoms with Crippen molar-refractivity contribution in [3.05, 3.63) is 47.8 Å². The number of aromatic nitrogens is 2. The van der Waals surface area contributed by atoms with E-state index in [-0.39, 0.29) is 6.54 Å². The highest BCUT2D eigenvalue weighted by Gasteiger charge is 2.53. The molecule has 0 radical (unpaired) electrons. The number of urea groups is 1. The van der Waals surface area contributed by atoms with Gasteiger partial charge in [-0.15, -0.1) is 4.28 Å². The summed E-state index contributed by atoms with van der Waals surface area (Å²) in [5, 5.41) is 4.76. The zero-order valence-electron chi connectivity index (χ0n) is 13.1. The lowest BCUT2D eigenvalue weighted by Gasteiger charge is -2.29. The minimum absolute atomic E-state index is 0.0323. The average molecular weight is 379 g/mol. The third-order valence-corrected chi connectivity index (χ3v) is 4.65. The highest BCUT2D eigenvalue weighted by Crippen LogP contribution is 2.44. The molecule has 1 aromatic carbocycles. The maximum atomic E-state index is 12.5. The minimum atomic E-state index is -4.93. The van der Waals surface area contributed by atoms with Crippen LogP contribution in [-0.4, -0.2) is 51.2 Å². The first kappa shape index (κ1) is 16.5. The SMILES string of the molecule is NC(=O)[C@@H]1c2c(cnn2-c2ccccc2)[C@H]2CN1C(=O)N2OS(=O)(=O)O. The van der Waals surface area contributed by atoms with Crippen LogP contribution in [0.25, 0.3) is 5.69 Å². The van der Waals surface area contributed by atoms with Gasteiger partial charge in [-0.3, -0.25) is 9.35 Å². The van der Waals surface area contributed by atoms with Crippen LogP contribution in [0.2, 0.25) is 0 Å². The van der Waals surface area contributed by atoms with E-state index in [1.54, 1.807) is 24.3 Å². The molecule has 2 atom stereocenters. The topological polar surface area (TPSA) is 148 Å². The number of fused-ring (bicyclic) bond motifs is 4. The van der Waals surface area contributed by atoms with Crippen LogP contribution in [0, 0.1) is 0 Å². The van der Waals surface area contributed by atoms with Crippen molar-refractivity contribution in [2.24, 2.45) is 5.73 Å². The fourth-order valence-corrected chi connectivity index (χ4v) is 3.71. The molecule has 3 N–H and O–H groups in total. The number of para-hydroxylation sites is 1. The van der Waals surface area contributed by atoms with Crippen LogP contribution >= 0.6 is 0 Å². The standard InChI is InChI=1S/C14H13N5O6S/c15-13(20)12-11-9(6-16-18(11)8-4-2-1-3-5-8)10-7-17(12)14(21)19(10)25-26(22,23)24/h1-6,10,12H,7H2,(H2,15,20)(H,22,23,24)/t10-,12+/m1/s1. The number of hydrogen-bond donors (Lipinski definition) is 2. The average Bonchev–Trinajstić information content (AvgIpc) is 3.11. The second kappa shape index (κ2) is 5.52. The fraction of sp³-hybridized carbons (Fsp3) is 0.214. The molecule has 0 saturated carbocycles. The van der Waals surface area contributed by atoms with Crippen molar-refractivity contribution in [1.29, 1.82) is 0 Å². The van der Waals surface area contributed by atoms with Gasteiger partial charge in [-0.25, -0.2) is 9.48 Å². The van der Waals surface area contributed by atoms with E-state index in [1.807, 2.05) is 6.07 Å². The summed E-state index contributed by atoms with van der Waals surface area (Å²) in [4.78, 5) is 25.7. The van der Waals surface area contributed by atoms with Crippen LogP contribution in [0.4, 0.5) is 4.79 Å². The quantitative estimate of drug-likeness (QED) is 0.706. The number of amides is 3. The maximum Gasteiger partial charge on any atom is 0.418 e. The van der Waals surface area contributed by atoms with Gasteiger partial charge in [0.05, 0.1) is 24.1 Å². The molecule has 2 aliphatic heterocycles. The Morgan fingerprint density at radius 1 is 1.31 bits per heavy atom. The molecule has 11 nitrogen and oxygen atoms in total. The largest absolute Gasteiger partial charge is 0.418 e. The van der Waals surface area contributed by atoms with E-state index in [0.29, 0.717) is 22.0 Å². The van der Waals surface area contributed by atoms with Gasteiger partial charge in [-0.05, 0) is 12.1 Å². The van der Waals surface area contributed by atoms with E-state index in [2.05, 4.69) is 9.38 Å². The Hall–Kier alpha value is -2.96. The monoisotopic (exact) mass is 379 g/mol. The summed E-state index contributed by atoms with van der Waals surface area (Å²) in [5.74, 6) is -0.801. The molecule has 3 amide bonds. The number of carbonyl (C=O) groups excluding carboxylic acids is 2. The third kappa shape index (κ3) is 2.42. The van der Waals surface area contributed by atoms with Gasteiger partial charge in [0.1, 0.15) is 6.04 Å².